The third kappa shape index (κ3) is 4.80. The summed E-state index contributed by atoms with van der Waals surface area (Å²) in [5, 5.41) is 0. The van der Waals surface area contributed by atoms with Crippen LogP contribution < -0.4 is 0 Å². The van der Waals surface area contributed by atoms with Crippen molar-refractivity contribution in [3.05, 3.63) is 65.2 Å². The number of esters is 1. The van der Waals surface area contributed by atoms with E-state index in [1.165, 1.54) is 24.3 Å². The molecule has 0 spiro atoms. The van der Waals surface area contributed by atoms with Gasteiger partial charge in [0.2, 0.25) is 10.0 Å². The first kappa shape index (κ1) is 20.6. The Balaban J connectivity index is 1.67. The topological polar surface area (TPSA) is 63.7 Å². The molecule has 1 aliphatic heterocycles. The predicted octanol–water partition coefficient (Wildman–Crippen LogP) is 4.02. The number of hydrogen-bond donors (Lipinski definition) is 0. The summed E-state index contributed by atoms with van der Waals surface area (Å²) in [7, 11) is -3.55. The minimum atomic E-state index is -3.55. The first-order chi connectivity index (χ1) is 13.3. The molecule has 2 unspecified atom stereocenters. The van der Waals surface area contributed by atoms with Crippen LogP contribution in [0.4, 0.5) is 0 Å². The summed E-state index contributed by atoms with van der Waals surface area (Å²) < 4.78 is 32.7. The van der Waals surface area contributed by atoms with Crippen molar-refractivity contribution in [1.82, 2.24) is 4.31 Å². The maximum Gasteiger partial charge on any atom is 0.338 e. The molecule has 0 aliphatic carbocycles. The van der Waals surface area contributed by atoms with Crippen molar-refractivity contribution >= 4 is 16.0 Å². The van der Waals surface area contributed by atoms with Crippen LogP contribution in [0.1, 0.15) is 41.8 Å². The lowest BCUT2D eigenvalue weighted by Gasteiger charge is -2.34. The summed E-state index contributed by atoms with van der Waals surface area (Å²) in [4.78, 5) is 12.5. The molecule has 0 N–H and O–H groups in total. The minimum Gasteiger partial charge on any atom is -0.457 e. The molecular formula is C22H27NO4S. The van der Waals surface area contributed by atoms with Crippen LogP contribution in [0, 0.1) is 18.8 Å². The van der Waals surface area contributed by atoms with Gasteiger partial charge in [-0.1, -0.05) is 43.7 Å². The Bertz CT molecular complexity index is 927. The van der Waals surface area contributed by atoms with Crippen LogP contribution in [0.15, 0.2) is 53.4 Å². The van der Waals surface area contributed by atoms with Gasteiger partial charge in [0.15, 0.2) is 0 Å². The smallest absolute Gasteiger partial charge is 0.338 e. The van der Waals surface area contributed by atoms with Gasteiger partial charge >= 0.3 is 5.97 Å². The predicted molar refractivity (Wildman–Crippen MR) is 108 cm³/mol. The van der Waals surface area contributed by atoms with Crippen LogP contribution in [-0.4, -0.2) is 31.8 Å². The average Bonchev–Trinajstić information content (AvgIpc) is 2.65. The van der Waals surface area contributed by atoms with Gasteiger partial charge in [0.25, 0.3) is 0 Å². The summed E-state index contributed by atoms with van der Waals surface area (Å²) in [6.07, 6.45) is 1.04. The van der Waals surface area contributed by atoms with E-state index in [1.54, 1.807) is 4.31 Å². The van der Waals surface area contributed by atoms with Crippen LogP contribution in [0.5, 0.6) is 0 Å². The Kier molecular flexibility index (Phi) is 6.20. The fourth-order valence-electron chi connectivity index (χ4n) is 3.75. The molecule has 150 valence electrons. The van der Waals surface area contributed by atoms with E-state index in [2.05, 4.69) is 13.8 Å². The molecular weight excluding hydrogens is 374 g/mol. The molecule has 1 fully saturated rings. The largest absolute Gasteiger partial charge is 0.457 e. The van der Waals surface area contributed by atoms with Crippen LogP contribution in [0.25, 0.3) is 0 Å². The van der Waals surface area contributed by atoms with Crippen LogP contribution in [0.2, 0.25) is 0 Å². The molecule has 1 saturated heterocycles. The number of nitrogens with zero attached hydrogens (tertiary/aromatic N) is 1. The van der Waals surface area contributed by atoms with Crippen molar-refractivity contribution in [1.29, 1.82) is 0 Å². The summed E-state index contributed by atoms with van der Waals surface area (Å²) in [5.41, 5.74) is 2.36. The highest BCUT2D eigenvalue weighted by molar-refractivity contribution is 7.89. The molecule has 3 rings (SSSR count). The van der Waals surface area contributed by atoms with E-state index in [0.29, 0.717) is 30.5 Å². The molecule has 5 nitrogen and oxygen atoms in total. The van der Waals surface area contributed by atoms with Crippen molar-refractivity contribution in [2.75, 3.05) is 13.1 Å². The number of carbonyl (C=O) groups is 1. The van der Waals surface area contributed by atoms with Gasteiger partial charge in [0, 0.05) is 13.1 Å². The molecule has 2 atom stereocenters. The number of ether oxygens (including phenoxy) is 1. The standard InChI is InChI=1S/C22H27NO4S/c1-16-5-4-6-19(12-16)15-27-22(24)20-7-9-21(10-8-20)28(25,26)23-13-17(2)11-18(3)14-23/h4-10,12,17-18H,11,13-15H2,1-3H3. The van der Waals surface area contributed by atoms with Gasteiger partial charge in [-0.05, 0) is 55.0 Å². The molecule has 1 heterocycles. The molecule has 0 bridgehead atoms. The summed E-state index contributed by atoms with van der Waals surface area (Å²) in [6.45, 7) is 7.38. The van der Waals surface area contributed by atoms with Gasteiger partial charge in [0.05, 0.1) is 10.5 Å². The number of rotatable bonds is 5. The summed E-state index contributed by atoms with van der Waals surface area (Å²) >= 11 is 0. The minimum absolute atomic E-state index is 0.185. The highest BCUT2D eigenvalue weighted by atomic mass is 32.2. The number of carbonyl (C=O) groups excluding carboxylic acids is 1. The lowest BCUT2D eigenvalue weighted by molar-refractivity contribution is 0.0472. The molecule has 2 aromatic carbocycles. The number of aryl methyl sites for hydroxylation is 1. The van der Waals surface area contributed by atoms with Crippen molar-refractivity contribution in [3.63, 3.8) is 0 Å². The Labute approximate surface area is 167 Å². The number of sulfonamides is 1. The Morgan fingerprint density at radius 3 is 2.32 bits per heavy atom. The Morgan fingerprint density at radius 2 is 1.71 bits per heavy atom. The highest BCUT2D eigenvalue weighted by Crippen LogP contribution is 2.26. The van der Waals surface area contributed by atoms with E-state index < -0.39 is 16.0 Å². The lowest BCUT2D eigenvalue weighted by atomic mass is 9.94. The van der Waals surface area contributed by atoms with Crippen molar-refractivity contribution < 1.29 is 17.9 Å². The first-order valence-electron chi connectivity index (χ1n) is 9.58. The van der Waals surface area contributed by atoms with Crippen LogP contribution >= 0.6 is 0 Å². The SMILES string of the molecule is Cc1cccc(COC(=O)c2ccc(S(=O)(=O)N3CC(C)CC(C)C3)cc2)c1. The van der Waals surface area contributed by atoms with Crippen LogP contribution in [-0.2, 0) is 21.4 Å². The van der Waals surface area contributed by atoms with Crippen molar-refractivity contribution in [2.45, 2.75) is 38.7 Å². The third-order valence-corrected chi connectivity index (χ3v) is 6.86. The molecule has 0 saturated carbocycles. The first-order valence-corrected chi connectivity index (χ1v) is 11.0. The second-order valence-electron chi connectivity index (χ2n) is 7.86. The second-order valence-corrected chi connectivity index (χ2v) is 9.80. The van der Waals surface area contributed by atoms with E-state index >= 15 is 0 Å². The summed E-state index contributed by atoms with van der Waals surface area (Å²) in [5.74, 6) is 0.217. The number of benzene rings is 2. The quantitative estimate of drug-likeness (QED) is 0.710. The zero-order valence-corrected chi connectivity index (χ0v) is 17.4. The van der Waals surface area contributed by atoms with Gasteiger partial charge in [0.1, 0.15) is 6.61 Å². The monoisotopic (exact) mass is 401 g/mol. The zero-order valence-electron chi connectivity index (χ0n) is 16.6. The molecule has 1 aliphatic rings. The Morgan fingerprint density at radius 1 is 1.07 bits per heavy atom. The third-order valence-electron chi connectivity index (χ3n) is 5.02. The van der Waals surface area contributed by atoms with E-state index in [0.717, 1.165) is 17.5 Å². The van der Waals surface area contributed by atoms with Crippen LogP contribution in [0.3, 0.4) is 0 Å². The summed E-state index contributed by atoms with van der Waals surface area (Å²) in [6, 6.07) is 13.8. The number of piperidine rings is 1. The highest BCUT2D eigenvalue weighted by Gasteiger charge is 2.31. The van der Waals surface area contributed by atoms with Gasteiger partial charge < -0.3 is 4.74 Å². The maximum atomic E-state index is 12.9. The van der Waals surface area contributed by atoms with E-state index in [1.807, 2.05) is 31.2 Å². The van der Waals surface area contributed by atoms with E-state index in [-0.39, 0.29) is 11.5 Å². The fraction of sp³-hybridized carbons (Fsp3) is 0.409. The van der Waals surface area contributed by atoms with Gasteiger partial charge in [-0.15, -0.1) is 0 Å². The van der Waals surface area contributed by atoms with Crippen molar-refractivity contribution in [2.24, 2.45) is 11.8 Å². The normalized spacial score (nSPS) is 20.7. The molecule has 0 aromatic heterocycles. The van der Waals surface area contributed by atoms with Gasteiger partial charge in [-0.2, -0.15) is 4.31 Å². The second kappa shape index (κ2) is 8.45. The van der Waals surface area contributed by atoms with Crippen molar-refractivity contribution in [3.8, 4) is 0 Å². The number of hydrogen-bond acceptors (Lipinski definition) is 4. The molecule has 28 heavy (non-hydrogen) atoms. The molecule has 0 amide bonds. The zero-order chi connectivity index (χ0) is 20.3. The fourth-order valence-corrected chi connectivity index (χ4v) is 5.43. The van der Waals surface area contributed by atoms with Gasteiger partial charge in [-0.3, -0.25) is 0 Å². The van der Waals surface area contributed by atoms with E-state index in [9.17, 15) is 13.2 Å². The Hall–Kier alpha value is -2.18. The van der Waals surface area contributed by atoms with Gasteiger partial charge in [-0.25, -0.2) is 13.2 Å². The van der Waals surface area contributed by atoms with E-state index in [4.69, 9.17) is 4.74 Å². The maximum absolute atomic E-state index is 12.9. The molecule has 6 heteroatoms. The molecule has 2 aromatic rings. The lowest BCUT2D eigenvalue weighted by Crippen LogP contribution is -2.42. The molecule has 0 radical (unpaired) electrons. The average molecular weight is 402 g/mol.